The molecule has 0 N–H and O–H groups in total. The molecule has 12 heavy (non-hydrogen) atoms. The fourth-order valence-electron chi connectivity index (χ4n) is 0.698. The van der Waals surface area contributed by atoms with Crippen LogP contribution < -0.4 is 0 Å². The lowest BCUT2D eigenvalue weighted by atomic mass is 10.3. The van der Waals surface area contributed by atoms with E-state index < -0.39 is 0 Å². The van der Waals surface area contributed by atoms with Crippen molar-refractivity contribution in [3.63, 3.8) is 0 Å². The van der Waals surface area contributed by atoms with Crippen LogP contribution in [0.2, 0.25) is 0 Å². The SMILES string of the molecule is [CH2]COCC#Cc1cccnc1. The normalized spacial score (nSPS) is 8.75. The quantitative estimate of drug-likeness (QED) is 0.480. The highest BCUT2D eigenvalue weighted by Crippen LogP contribution is 1.90. The Morgan fingerprint density at radius 2 is 2.50 bits per heavy atom. The Hall–Kier alpha value is -1.33. The van der Waals surface area contributed by atoms with E-state index in [4.69, 9.17) is 4.74 Å². The van der Waals surface area contributed by atoms with Crippen LogP contribution in [0.1, 0.15) is 5.56 Å². The van der Waals surface area contributed by atoms with E-state index in [1.807, 2.05) is 12.1 Å². The van der Waals surface area contributed by atoms with Crippen LogP contribution in [0.25, 0.3) is 0 Å². The van der Waals surface area contributed by atoms with Crippen LogP contribution in [0.15, 0.2) is 24.5 Å². The van der Waals surface area contributed by atoms with Gasteiger partial charge in [-0.1, -0.05) is 11.8 Å². The summed E-state index contributed by atoms with van der Waals surface area (Å²) in [6.07, 6.45) is 3.44. The van der Waals surface area contributed by atoms with Crippen molar-refractivity contribution in [3.8, 4) is 11.8 Å². The summed E-state index contributed by atoms with van der Waals surface area (Å²) < 4.78 is 4.95. The predicted octanol–water partition coefficient (Wildman–Crippen LogP) is 1.28. The standard InChI is InChI=1S/C10H10NO/c1-2-12-8-4-6-10-5-3-7-11-9-10/h3,5,7,9H,1-2,8H2. The van der Waals surface area contributed by atoms with Gasteiger partial charge in [-0.25, -0.2) is 0 Å². The van der Waals surface area contributed by atoms with Crippen LogP contribution >= 0.6 is 0 Å². The maximum atomic E-state index is 4.95. The second-order valence-corrected chi connectivity index (χ2v) is 2.10. The molecule has 0 spiro atoms. The Balaban J connectivity index is 2.44. The molecule has 1 rings (SSSR count). The second kappa shape index (κ2) is 5.34. The fourth-order valence-corrected chi connectivity index (χ4v) is 0.698. The number of nitrogens with zero attached hydrogens (tertiary/aromatic N) is 1. The highest BCUT2D eigenvalue weighted by Gasteiger charge is 1.81. The number of hydrogen-bond acceptors (Lipinski definition) is 2. The zero-order chi connectivity index (χ0) is 8.65. The van der Waals surface area contributed by atoms with Crippen molar-refractivity contribution in [2.45, 2.75) is 0 Å². The zero-order valence-electron chi connectivity index (χ0n) is 6.79. The van der Waals surface area contributed by atoms with Gasteiger partial charge in [-0.05, 0) is 19.1 Å². The van der Waals surface area contributed by atoms with Crippen molar-refractivity contribution in [2.75, 3.05) is 13.2 Å². The van der Waals surface area contributed by atoms with Gasteiger partial charge in [-0.15, -0.1) is 0 Å². The number of aromatic nitrogens is 1. The summed E-state index contributed by atoms with van der Waals surface area (Å²) in [6, 6.07) is 3.76. The molecule has 0 aliphatic rings. The molecule has 0 atom stereocenters. The van der Waals surface area contributed by atoms with Gasteiger partial charge in [-0.3, -0.25) is 4.98 Å². The summed E-state index contributed by atoms with van der Waals surface area (Å²) in [7, 11) is 0. The summed E-state index contributed by atoms with van der Waals surface area (Å²) in [5, 5.41) is 0. The molecule has 0 amide bonds. The maximum Gasteiger partial charge on any atom is 0.108 e. The molecule has 2 heteroatoms. The molecule has 1 aromatic rings. The molecule has 0 aliphatic carbocycles. The van der Waals surface area contributed by atoms with E-state index in [0.29, 0.717) is 13.2 Å². The first-order valence-corrected chi connectivity index (χ1v) is 3.69. The second-order valence-electron chi connectivity index (χ2n) is 2.10. The van der Waals surface area contributed by atoms with Crippen LogP contribution in [0.5, 0.6) is 0 Å². The van der Waals surface area contributed by atoms with E-state index in [1.165, 1.54) is 0 Å². The molecule has 2 nitrogen and oxygen atoms in total. The molecule has 1 heterocycles. The lowest BCUT2D eigenvalue weighted by Crippen LogP contribution is -1.88. The number of ether oxygens (including phenoxy) is 1. The first kappa shape index (κ1) is 8.76. The van der Waals surface area contributed by atoms with Crippen molar-refractivity contribution in [1.82, 2.24) is 4.98 Å². The van der Waals surface area contributed by atoms with Crippen molar-refractivity contribution in [2.24, 2.45) is 0 Å². The molecule has 0 bridgehead atoms. The van der Waals surface area contributed by atoms with Gasteiger partial charge in [0.2, 0.25) is 0 Å². The van der Waals surface area contributed by atoms with Crippen LogP contribution in [-0.4, -0.2) is 18.2 Å². The van der Waals surface area contributed by atoms with Crippen molar-refractivity contribution < 1.29 is 4.74 Å². The Kier molecular flexibility index (Phi) is 3.90. The van der Waals surface area contributed by atoms with Crippen LogP contribution in [0.4, 0.5) is 0 Å². The van der Waals surface area contributed by atoms with Gasteiger partial charge in [0, 0.05) is 24.6 Å². The number of hydrogen-bond donors (Lipinski definition) is 0. The minimum Gasteiger partial charge on any atom is -0.369 e. The van der Waals surface area contributed by atoms with Crippen molar-refractivity contribution in [3.05, 3.63) is 37.0 Å². The topological polar surface area (TPSA) is 22.1 Å². The largest absolute Gasteiger partial charge is 0.369 e. The van der Waals surface area contributed by atoms with E-state index in [0.717, 1.165) is 5.56 Å². The zero-order valence-corrected chi connectivity index (χ0v) is 6.79. The smallest absolute Gasteiger partial charge is 0.108 e. The third kappa shape index (κ3) is 3.18. The third-order valence-electron chi connectivity index (χ3n) is 1.21. The maximum absolute atomic E-state index is 4.95. The molecular formula is C10H10NO. The number of rotatable bonds is 2. The molecule has 1 aromatic heterocycles. The Labute approximate surface area is 72.6 Å². The van der Waals surface area contributed by atoms with Gasteiger partial charge in [0.1, 0.15) is 6.61 Å². The Morgan fingerprint density at radius 1 is 1.58 bits per heavy atom. The van der Waals surface area contributed by atoms with Gasteiger partial charge in [0.05, 0.1) is 0 Å². The highest BCUT2D eigenvalue weighted by molar-refractivity contribution is 5.30. The van der Waals surface area contributed by atoms with Crippen LogP contribution in [-0.2, 0) is 4.74 Å². The lowest BCUT2D eigenvalue weighted by molar-refractivity contribution is 0.198. The summed E-state index contributed by atoms with van der Waals surface area (Å²) >= 11 is 0. The molecule has 0 aliphatic heterocycles. The molecule has 0 aromatic carbocycles. The van der Waals surface area contributed by atoms with Gasteiger partial charge in [-0.2, -0.15) is 0 Å². The highest BCUT2D eigenvalue weighted by atomic mass is 16.5. The third-order valence-corrected chi connectivity index (χ3v) is 1.21. The van der Waals surface area contributed by atoms with Crippen LogP contribution in [0.3, 0.4) is 0 Å². The van der Waals surface area contributed by atoms with Crippen molar-refractivity contribution >= 4 is 0 Å². The molecule has 61 valence electrons. The van der Waals surface area contributed by atoms with Gasteiger partial charge in [0.25, 0.3) is 0 Å². The predicted molar refractivity (Wildman–Crippen MR) is 47.3 cm³/mol. The Morgan fingerprint density at radius 3 is 3.17 bits per heavy atom. The van der Waals surface area contributed by atoms with E-state index in [1.54, 1.807) is 12.4 Å². The summed E-state index contributed by atoms with van der Waals surface area (Å²) in [5.74, 6) is 5.76. The van der Waals surface area contributed by atoms with Gasteiger partial charge in [0.15, 0.2) is 0 Å². The molecule has 0 saturated carbocycles. The Bertz CT molecular complexity index is 271. The minimum absolute atomic E-state index is 0.429. The van der Waals surface area contributed by atoms with E-state index in [-0.39, 0.29) is 0 Å². The van der Waals surface area contributed by atoms with E-state index in [2.05, 4.69) is 23.7 Å². The molecule has 1 radical (unpaired) electrons. The molecule has 0 saturated heterocycles. The lowest BCUT2D eigenvalue weighted by Gasteiger charge is -1.89. The average Bonchev–Trinajstić information content (AvgIpc) is 2.14. The fraction of sp³-hybridized carbons (Fsp3) is 0.200. The summed E-state index contributed by atoms with van der Waals surface area (Å²) in [4.78, 5) is 3.93. The minimum atomic E-state index is 0.429. The number of pyridine rings is 1. The first-order valence-electron chi connectivity index (χ1n) is 3.69. The molecular weight excluding hydrogens is 150 g/mol. The van der Waals surface area contributed by atoms with Crippen molar-refractivity contribution in [1.29, 1.82) is 0 Å². The average molecular weight is 160 g/mol. The molecule has 0 fully saturated rings. The summed E-state index contributed by atoms with van der Waals surface area (Å²) in [6.45, 7) is 4.42. The van der Waals surface area contributed by atoms with E-state index in [9.17, 15) is 0 Å². The van der Waals surface area contributed by atoms with Gasteiger partial charge >= 0.3 is 0 Å². The first-order chi connectivity index (χ1) is 5.93. The van der Waals surface area contributed by atoms with Gasteiger partial charge < -0.3 is 4.74 Å². The molecule has 0 unspecified atom stereocenters. The summed E-state index contributed by atoms with van der Waals surface area (Å²) in [5.41, 5.74) is 0.908. The van der Waals surface area contributed by atoms with E-state index >= 15 is 0 Å². The monoisotopic (exact) mass is 160 g/mol. The van der Waals surface area contributed by atoms with Crippen LogP contribution in [0, 0.1) is 18.8 Å².